The Hall–Kier alpha value is -3.51. The number of nitrogens with one attached hydrogen (secondary N) is 2. The fraction of sp³-hybridized carbons (Fsp3) is 0.542. The van der Waals surface area contributed by atoms with Crippen LogP contribution in [0, 0.1) is 0 Å². The van der Waals surface area contributed by atoms with Crippen LogP contribution in [0.25, 0.3) is 0 Å². The minimum Gasteiger partial charge on any atom is -0.481 e. The molecule has 1 saturated heterocycles. The highest BCUT2D eigenvalue weighted by molar-refractivity contribution is 5.95. The number of likely N-dealkylation sites (tertiary alicyclic amines) is 1. The number of carboxylic acids is 2. The lowest BCUT2D eigenvalue weighted by Crippen LogP contribution is -2.57. The molecule has 8 N–H and O–H groups in total. The van der Waals surface area contributed by atoms with Crippen LogP contribution in [-0.2, 0) is 30.4 Å². The number of unbranched alkanes of at least 4 members (excludes halogenated alkanes) is 1. The molecular formula is C24H35N5O7. The molecule has 0 spiro atoms. The number of carbonyl (C=O) groups is 5. The van der Waals surface area contributed by atoms with Crippen LogP contribution in [0.3, 0.4) is 0 Å². The number of nitrogens with zero attached hydrogens (tertiary/aromatic N) is 1. The molecule has 1 heterocycles. The van der Waals surface area contributed by atoms with Gasteiger partial charge < -0.3 is 37.2 Å². The maximum atomic E-state index is 13.2. The first kappa shape index (κ1) is 28.7. The maximum absolute atomic E-state index is 13.2. The van der Waals surface area contributed by atoms with Crippen molar-refractivity contribution in [2.24, 2.45) is 11.5 Å². The van der Waals surface area contributed by atoms with E-state index in [0.29, 0.717) is 32.2 Å². The first-order valence-corrected chi connectivity index (χ1v) is 12.0. The third-order valence-corrected chi connectivity index (χ3v) is 6.03. The molecular weight excluding hydrogens is 470 g/mol. The molecule has 1 fully saturated rings. The van der Waals surface area contributed by atoms with Crippen molar-refractivity contribution in [3.05, 3.63) is 35.9 Å². The molecule has 1 aromatic carbocycles. The number of hydrogen-bond donors (Lipinski definition) is 6. The van der Waals surface area contributed by atoms with Crippen LogP contribution in [0.5, 0.6) is 0 Å². The zero-order valence-electron chi connectivity index (χ0n) is 20.1. The van der Waals surface area contributed by atoms with Crippen molar-refractivity contribution in [1.29, 1.82) is 0 Å². The number of benzene rings is 1. The minimum atomic E-state index is -1.48. The molecule has 1 aliphatic heterocycles. The van der Waals surface area contributed by atoms with Gasteiger partial charge in [-0.05, 0) is 50.6 Å². The number of aliphatic carboxylic acids is 2. The Labute approximate surface area is 209 Å². The average Bonchev–Trinajstić information content (AvgIpc) is 3.33. The summed E-state index contributed by atoms with van der Waals surface area (Å²) in [5.74, 6) is -4.60. The Morgan fingerprint density at radius 2 is 1.67 bits per heavy atom. The van der Waals surface area contributed by atoms with E-state index in [2.05, 4.69) is 10.6 Å². The number of rotatable bonds is 14. The second kappa shape index (κ2) is 14.1. The van der Waals surface area contributed by atoms with Crippen molar-refractivity contribution in [3.63, 3.8) is 0 Å². The van der Waals surface area contributed by atoms with Crippen LogP contribution in [0.4, 0.5) is 0 Å². The highest BCUT2D eigenvalue weighted by atomic mass is 16.4. The molecule has 36 heavy (non-hydrogen) atoms. The van der Waals surface area contributed by atoms with Crippen LogP contribution in [-0.4, -0.2) is 82.0 Å². The van der Waals surface area contributed by atoms with E-state index in [4.69, 9.17) is 11.5 Å². The molecule has 198 valence electrons. The van der Waals surface area contributed by atoms with Gasteiger partial charge in [0.2, 0.25) is 17.7 Å². The van der Waals surface area contributed by atoms with Crippen LogP contribution >= 0.6 is 0 Å². The SMILES string of the molecule is NCCCCC(NC(=O)C(CC(=O)O)NC(=O)C(N)Cc1ccccc1)C(=O)N1CCCC1C(=O)O. The predicted molar refractivity (Wildman–Crippen MR) is 130 cm³/mol. The van der Waals surface area contributed by atoms with Crippen molar-refractivity contribution in [3.8, 4) is 0 Å². The van der Waals surface area contributed by atoms with Crippen molar-refractivity contribution in [2.45, 2.75) is 69.1 Å². The predicted octanol–water partition coefficient (Wildman–Crippen LogP) is -0.795. The lowest BCUT2D eigenvalue weighted by atomic mass is 10.0. The first-order valence-electron chi connectivity index (χ1n) is 12.0. The molecule has 2 rings (SSSR count). The van der Waals surface area contributed by atoms with Gasteiger partial charge >= 0.3 is 11.9 Å². The first-order chi connectivity index (χ1) is 17.1. The summed E-state index contributed by atoms with van der Waals surface area (Å²) < 4.78 is 0. The van der Waals surface area contributed by atoms with Gasteiger partial charge in [-0.1, -0.05) is 30.3 Å². The summed E-state index contributed by atoms with van der Waals surface area (Å²) in [6, 6.07) is 4.38. The normalized spacial score (nSPS) is 17.6. The summed E-state index contributed by atoms with van der Waals surface area (Å²) in [7, 11) is 0. The molecule has 1 aromatic rings. The third-order valence-electron chi connectivity index (χ3n) is 6.03. The molecule has 12 nitrogen and oxygen atoms in total. The highest BCUT2D eigenvalue weighted by Gasteiger charge is 2.38. The monoisotopic (exact) mass is 505 g/mol. The highest BCUT2D eigenvalue weighted by Crippen LogP contribution is 2.20. The third kappa shape index (κ3) is 8.61. The molecule has 0 radical (unpaired) electrons. The van der Waals surface area contributed by atoms with Crippen LogP contribution in [0.2, 0.25) is 0 Å². The molecule has 12 heteroatoms. The Morgan fingerprint density at radius 1 is 1.00 bits per heavy atom. The van der Waals surface area contributed by atoms with E-state index in [1.54, 1.807) is 24.3 Å². The van der Waals surface area contributed by atoms with Gasteiger partial charge in [0.1, 0.15) is 18.1 Å². The van der Waals surface area contributed by atoms with E-state index in [1.165, 1.54) is 4.90 Å². The largest absolute Gasteiger partial charge is 0.481 e. The van der Waals surface area contributed by atoms with Crippen molar-refractivity contribution < 1.29 is 34.2 Å². The van der Waals surface area contributed by atoms with Crippen LogP contribution < -0.4 is 22.1 Å². The molecule has 4 unspecified atom stereocenters. The molecule has 0 aromatic heterocycles. The zero-order valence-corrected chi connectivity index (χ0v) is 20.1. The Balaban J connectivity index is 2.12. The van der Waals surface area contributed by atoms with E-state index >= 15 is 0 Å². The van der Waals surface area contributed by atoms with E-state index in [1.807, 2.05) is 6.07 Å². The van der Waals surface area contributed by atoms with Crippen molar-refractivity contribution in [2.75, 3.05) is 13.1 Å². The van der Waals surface area contributed by atoms with Crippen LogP contribution in [0.15, 0.2) is 30.3 Å². The second-order valence-electron chi connectivity index (χ2n) is 8.83. The number of carboxylic acid groups (broad SMARTS) is 2. The van der Waals surface area contributed by atoms with Gasteiger partial charge in [0.15, 0.2) is 0 Å². The Bertz CT molecular complexity index is 927. The van der Waals surface area contributed by atoms with Gasteiger partial charge in [0, 0.05) is 6.54 Å². The van der Waals surface area contributed by atoms with E-state index in [0.717, 1.165) is 5.56 Å². The lowest BCUT2D eigenvalue weighted by molar-refractivity contribution is -0.149. The molecule has 0 bridgehead atoms. The number of amides is 3. The molecule has 3 amide bonds. The van der Waals surface area contributed by atoms with Gasteiger partial charge in [0.25, 0.3) is 0 Å². The number of carbonyl (C=O) groups excluding carboxylic acids is 3. The molecule has 0 saturated carbocycles. The minimum absolute atomic E-state index is 0.180. The van der Waals surface area contributed by atoms with Crippen molar-refractivity contribution in [1.82, 2.24) is 15.5 Å². The van der Waals surface area contributed by atoms with Gasteiger partial charge in [-0.15, -0.1) is 0 Å². The summed E-state index contributed by atoms with van der Waals surface area (Å²) >= 11 is 0. The second-order valence-corrected chi connectivity index (χ2v) is 8.83. The van der Waals surface area contributed by atoms with E-state index in [-0.39, 0.29) is 19.4 Å². The number of hydrogen-bond acceptors (Lipinski definition) is 7. The van der Waals surface area contributed by atoms with Gasteiger partial charge in [-0.3, -0.25) is 19.2 Å². The summed E-state index contributed by atoms with van der Waals surface area (Å²) in [6.45, 7) is 0.607. The fourth-order valence-corrected chi connectivity index (χ4v) is 4.13. The molecule has 0 aliphatic carbocycles. The van der Waals surface area contributed by atoms with E-state index in [9.17, 15) is 34.2 Å². The number of nitrogens with two attached hydrogens (primary N) is 2. The topological polar surface area (TPSA) is 205 Å². The van der Waals surface area contributed by atoms with Gasteiger partial charge in [-0.25, -0.2) is 4.79 Å². The Kier molecular flexibility index (Phi) is 11.3. The zero-order chi connectivity index (χ0) is 26.7. The van der Waals surface area contributed by atoms with Gasteiger partial charge in [0.05, 0.1) is 12.5 Å². The summed E-state index contributed by atoms with van der Waals surface area (Å²) in [4.78, 5) is 63.0. The summed E-state index contributed by atoms with van der Waals surface area (Å²) in [5, 5.41) is 23.6. The summed E-state index contributed by atoms with van der Waals surface area (Å²) in [5.41, 5.74) is 12.3. The maximum Gasteiger partial charge on any atom is 0.326 e. The van der Waals surface area contributed by atoms with Crippen molar-refractivity contribution >= 4 is 29.7 Å². The Morgan fingerprint density at radius 3 is 2.28 bits per heavy atom. The van der Waals surface area contributed by atoms with Crippen LogP contribution in [0.1, 0.15) is 44.1 Å². The van der Waals surface area contributed by atoms with Gasteiger partial charge in [-0.2, -0.15) is 0 Å². The molecule has 1 aliphatic rings. The fourth-order valence-electron chi connectivity index (χ4n) is 4.13. The standard InChI is InChI=1S/C24H35N5O7/c25-11-5-4-9-17(23(34)29-12-6-10-19(29)24(35)36)27-22(33)18(14-20(30)31)28-21(32)16(26)13-15-7-2-1-3-8-15/h1-3,7-8,16-19H,4-6,9-14,25-26H2,(H,27,33)(H,28,32)(H,30,31)(H,35,36). The van der Waals surface area contributed by atoms with E-state index < -0.39 is 60.2 Å². The average molecular weight is 506 g/mol. The lowest BCUT2D eigenvalue weighted by Gasteiger charge is -2.28. The quantitative estimate of drug-likeness (QED) is 0.175. The molecule has 4 atom stereocenters. The summed E-state index contributed by atoms with van der Waals surface area (Å²) in [6.07, 6.45) is 1.53. The smallest absolute Gasteiger partial charge is 0.326 e.